The number of rotatable bonds is 6. The maximum Gasteiger partial charge on any atom is 0.336 e. The summed E-state index contributed by atoms with van der Waals surface area (Å²) in [5.41, 5.74) is 0.842. The van der Waals surface area contributed by atoms with E-state index in [0.717, 1.165) is 0 Å². The van der Waals surface area contributed by atoms with Gasteiger partial charge in [-0.1, -0.05) is 0 Å². The molecule has 0 amide bonds. The van der Waals surface area contributed by atoms with E-state index in [1.165, 1.54) is 44.6 Å². The molecule has 0 bridgehead atoms. The van der Waals surface area contributed by atoms with Crippen molar-refractivity contribution in [3.63, 3.8) is 0 Å². The smallest absolute Gasteiger partial charge is 0.336 e. The molecule has 0 atom stereocenters. The number of carboxylic acids is 1. The zero-order chi connectivity index (χ0) is 17.7. The van der Waals surface area contributed by atoms with Crippen LogP contribution in [0.1, 0.15) is 11.1 Å². The minimum Gasteiger partial charge on any atom is -0.497 e. The molecule has 24 heavy (non-hydrogen) atoms. The van der Waals surface area contributed by atoms with Crippen LogP contribution >= 0.6 is 0 Å². The van der Waals surface area contributed by atoms with Crippen LogP contribution in [0.4, 0.5) is 5.69 Å². The summed E-state index contributed by atoms with van der Waals surface area (Å²) >= 11 is 0. The predicted molar refractivity (Wildman–Crippen MR) is 88.1 cm³/mol. The van der Waals surface area contributed by atoms with Crippen LogP contribution in [0.2, 0.25) is 0 Å². The van der Waals surface area contributed by atoms with Crippen molar-refractivity contribution in [1.82, 2.24) is 0 Å². The number of hydrogen-bond donors (Lipinski definition) is 1. The summed E-state index contributed by atoms with van der Waals surface area (Å²) < 4.78 is 10.3. The van der Waals surface area contributed by atoms with Crippen LogP contribution in [0.25, 0.3) is 11.6 Å². The van der Waals surface area contributed by atoms with Gasteiger partial charge in [-0.25, -0.2) is 4.79 Å². The van der Waals surface area contributed by atoms with Crippen molar-refractivity contribution in [3.05, 3.63) is 63.7 Å². The number of benzene rings is 2. The van der Waals surface area contributed by atoms with Gasteiger partial charge in [0.15, 0.2) is 0 Å². The first-order valence-electron chi connectivity index (χ1n) is 6.88. The second kappa shape index (κ2) is 7.28. The van der Waals surface area contributed by atoms with Crippen molar-refractivity contribution >= 4 is 23.3 Å². The summed E-state index contributed by atoms with van der Waals surface area (Å²) in [5.74, 6) is -0.252. The monoisotopic (exact) mass is 329 g/mol. The van der Waals surface area contributed by atoms with Gasteiger partial charge in [0, 0.05) is 23.8 Å². The standard InChI is InChI=1S/C17H15NO6/c1-23-13-7-8-14(16(10-13)24-2)15(17(19)20)9-11-3-5-12(6-4-11)18(21)22/h3-10H,1-2H3,(H,19,20)/b15-9-. The summed E-state index contributed by atoms with van der Waals surface area (Å²) in [5, 5.41) is 20.2. The number of non-ortho nitro benzene ring substituents is 1. The van der Waals surface area contributed by atoms with Gasteiger partial charge in [0.2, 0.25) is 0 Å². The zero-order valence-corrected chi connectivity index (χ0v) is 13.1. The van der Waals surface area contributed by atoms with E-state index < -0.39 is 10.9 Å². The highest BCUT2D eigenvalue weighted by Crippen LogP contribution is 2.31. The molecule has 2 aromatic rings. The van der Waals surface area contributed by atoms with E-state index in [0.29, 0.717) is 22.6 Å². The molecule has 2 aromatic carbocycles. The largest absolute Gasteiger partial charge is 0.497 e. The molecule has 1 N–H and O–H groups in total. The third-order valence-electron chi connectivity index (χ3n) is 3.34. The second-order valence-electron chi connectivity index (χ2n) is 4.78. The van der Waals surface area contributed by atoms with Gasteiger partial charge in [0.05, 0.1) is 24.7 Å². The molecule has 0 heterocycles. The maximum atomic E-state index is 11.6. The maximum absolute atomic E-state index is 11.6. The fraction of sp³-hybridized carbons (Fsp3) is 0.118. The van der Waals surface area contributed by atoms with Gasteiger partial charge in [0.1, 0.15) is 11.5 Å². The van der Waals surface area contributed by atoms with Crippen LogP contribution in [0.3, 0.4) is 0 Å². The number of ether oxygens (including phenoxy) is 2. The first-order chi connectivity index (χ1) is 11.5. The molecule has 0 saturated heterocycles. The molecule has 0 spiro atoms. The second-order valence-corrected chi connectivity index (χ2v) is 4.78. The lowest BCUT2D eigenvalue weighted by Crippen LogP contribution is -2.02. The highest BCUT2D eigenvalue weighted by atomic mass is 16.6. The Morgan fingerprint density at radius 1 is 1.12 bits per heavy atom. The van der Waals surface area contributed by atoms with Crippen LogP contribution in [-0.2, 0) is 4.79 Å². The minimum absolute atomic E-state index is 0.00311. The van der Waals surface area contributed by atoms with Gasteiger partial charge in [0.25, 0.3) is 5.69 Å². The molecular weight excluding hydrogens is 314 g/mol. The van der Waals surface area contributed by atoms with Gasteiger partial charge in [-0.15, -0.1) is 0 Å². The molecule has 0 fully saturated rings. The molecular formula is C17H15NO6. The van der Waals surface area contributed by atoms with Gasteiger partial charge in [-0.3, -0.25) is 10.1 Å². The SMILES string of the molecule is COc1ccc(/C(=C/c2ccc([N+](=O)[O-])cc2)C(=O)O)c(OC)c1. The van der Waals surface area contributed by atoms with Crippen LogP contribution in [-0.4, -0.2) is 30.2 Å². The first kappa shape index (κ1) is 17.0. The lowest BCUT2D eigenvalue weighted by molar-refractivity contribution is -0.384. The summed E-state index contributed by atoms with van der Waals surface area (Å²) in [6.45, 7) is 0. The molecule has 0 aliphatic heterocycles. The number of methoxy groups -OCH3 is 2. The number of aliphatic carboxylic acids is 1. The molecule has 7 nitrogen and oxygen atoms in total. The minimum atomic E-state index is -1.14. The van der Waals surface area contributed by atoms with Crippen molar-refractivity contribution in [2.24, 2.45) is 0 Å². The lowest BCUT2D eigenvalue weighted by atomic mass is 10.0. The predicted octanol–water partition coefficient (Wildman–Crippen LogP) is 3.24. The Kier molecular flexibility index (Phi) is 5.16. The van der Waals surface area contributed by atoms with Crippen molar-refractivity contribution < 1.29 is 24.3 Å². The number of nitrogens with zero attached hydrogens (tertiary/aromatic N) is 1. The van der Waals surface area contributed by atoms with Gasteiger partial charge < -0.3 is 14.6 Å². The molecule has 0 aliphatic carbocycles. The van der Waals surface area contributed by atoms with E-state index in [1.807, 2.05) is 0 Å². The van der Waals surface area contributed by atoms with Crippen molar-refractivity contribution in [3.8, 4) is 11.5 Å². The van der Waals surface area contributed by atoms with Crippen LogP contribution < -0.4 is 9.47 Å². The summed E-state index contributed by atoms with van der Waals surface area (Å²) in [6, 6.07) is 10.4. The van der Waals surface area contributed by atoms with Crippen LogP contribution in [0, 0.1) is 10.1 Å². The van der Waals surface area contributed by atoms with Crippen LogP contribution in [0.5, 0.6) is 11.5 Å². The molecule has 124 valence electrons. The number of nitro groups is 1. The van der Waals surface area contributed by atoms with E-state index in [1.54, 1.807) is 18.2 Å². The molecule has 0 aliphatic rings. The van der Waals surface area contributed by atoms with Crippen molar-refractivity contribution in [1.29, 1.82) is 0 Å². The average Bonchev–Trinajstić information content (AvgIpc) is 2.59. The number of carbonyl (C=O) groups is 1. The molecule has 0 radical (unpaired) electrons. The van der Waals surface area contributed by atoms with Gasteiger partial charge in [-0.2, -0.15) is 0 Å². The van der Waals surface area contributed by atoms with Crippen LogP contribution in [0.15, 0.2) is 42.5 Å². The van der Waals surface area contributed by atoms with Gasteiger partial charge in [-0.05, 0) is 35.9 Å². The highest BCUT2D eigenvalue weighted by molar-refractivity contribution is 6.21. The topological polar surface area (TPSA) is 98.9 Å². The van der Waals surface area contributed by atoms with E-state index in [9.17, 15) is 20.0 Å². The fourth-order valence-electron chi connectivity index (χ4n) is 2.13. The average molecular weight is 329 g/mol. The Labute approximate surface area is 137 Å². The Morgan fingerprint density at radius 2 is 1.79 bits per heavy atom. The first-order valence-corrected chi connectivity index (χ1v) is 6.88. The molecule has 0 unspecified atom stereocenters. The van der Waals surface area contributed by atoms with Crippen molar-refractivity contribution in [2.45, 2.75) is 0 Å². The third kappa shape index (κ3) is 3.70. The van der Waals surface area contributed by atoms with E-state index in [-0.39, 0.29) is 11.3 Å². The number of carboxylic acid groups (broad SMARTS) is 1. The van der Waals surface area contributed by atoms with E-state index in [2.05, 4.69) is 0 Å². The van der Waals surface area contributed by atoms with E-state index >= 15 is 0 Å². The molecule has 0 saturated carbocycles. The third-order valence-corrected chi connectivity index (χ3v) is 3.34. The zero-order valence-electron chi connectivity index (χ0n) is 13.1. The number of nitro benzene ring substituents is 1. The quantitative estimate of drug-likeness (QED) is 0.378. The fourth-order valence-corrected chi connectivity index (χ4v) is 2.13. The molecule has 0 aromatic heterocycles. The molecule has 7 heteroatoms. The summed E-state index contributed by atoms with van der Waals surface area (Å²) in [7, 11) is 2.93. The Bertz CT molecular complexity index is 795. The van der Waals surface area contributed by atoms with E-state index in [4.69, 9.17) is 9.47 Å². The normalized spacial score (nSPS) is 11.0. The molecule has 2 rings (SSSR count). The Morgan fingerprint density at radius 3 is 2.29 bits per heavy atom. The van der Waals surface area contributed by atoms with Crippen molar-refractivity contribution in [2.75, 3.05) is 14.2 Å². The Balaban J connectivity index is 2.49. The van der Waals surface area contributed by atoms with Gasteiger partial charge >= 0.3 is 5.97 Å². The lowest BCUT2D eigenvalue weighted by Gasteiger charge is -2.11. The number of hydrogen-bond acceptors (Lipinski definition) is 5. The summed E-state index contributed by atoms with van der Waals surface area (Å²) in [6.07, 6.45) is 1.43. The highest BCUT2D eigenvalue weighted by Gasteiger charge is 2.16. The Hall–Kier alpha value is -3.35. The summed E-state index contributed by atoms with van der Waals surface area (Å²) in [4.78, 5) is 21.8.